The van der Waals surface area contributed by atoms with Crippen LogP contribution in [0.4, 0.5) is 14.9 Å². The van der Waals surface area contributed by atoms with Gasteiger partial charge in [0.2, 0.25) is 5.91 Å². The predicted molar refractivity (Wildman–Crippen MR) is 112 cm³/mol. The Hall–Kier alpha value is -3.07. The summed E-state index contributed by atoms with van der Waals surface area (Å²) in [4.78, 5) is 37.7. The third-order valence-electron chi connectivity index (χ3n) is 5.86. The van der Waals surface area contributed by atoms with Crippen LogP contribution >= 0.6 is 11.6 Å². The van der Waals surface area contributed by atoms with E-state index in [1.807, 2.05) is 0 Å². The maximum atomic E-state index is 13.4. The molecule has 1 fully saturated rings. The lowest BCUT2D eigenvalue weighted by Crippen LogP contribution is -2.42. The van der Waals surface area contributed by atoms with E-state index in [0.29, 0.717) is 37.1 Å². The molecule has 4 rings (SSSR count). The third kappa shape index (κ3) is 4.10. The van der Waals surface area contributed by atoms with Gasteiger partial charge in [0.15, 0.2) is 0 Å². The van der Waals surface area contributed by atoms with Crippen LogP contribution in [-0.4, -0.2) is 45.1 Å². The molecule has 8 nitrogen and oxygen atoms in total. The van der Waals surface area contributed by atoms with Crippen LogP contribution in [0.1, 0.15) is 46.9 Å². The van der Waals surface area contributed by atoms with Gasteiger partial charge >= 0.3 is 6.09 Å². The van der Waals surface area contributed by atoms with Crippen molar-refractivity contribution in [2.24, 2.45) is 7.05 Å². The minimum absolute atomic E-state index is 0.0676. The number of amides is 3. The highest BCUT2D eigenvalue weighted by Crippen LogP contribution is 2.39. The first-order valence-corrected chi connectivity index (χ1v) is 10.4. The molecule has 1 unspecified atom stereocenters. The first-order valence-electron chi connectivity index (χ1n) is 9.98. The molecule has 0 bridgehead atoms. The molecule has 1 aliphatic heterocycles. The summed E-state index contributed by atoms with van der Waals surface area (Å²) in [5.41, 5.74) is 2.37. The molecular weight excluding hydrogens is 427 g/mol. The number of nitrogens with zero attached hydrogens (tertiary/aromatic N) is 2. The first kappa shape index (κ1) is 21.2. The highest BCUT2D eigenvalue weighted by atomic mass is 35.5. The molecule has 0 spiro atoms. The van der Waals surface area contributed by atoms with E-state index in [-0.39, 0.29) is 29.4 Å². The highest BCUT2D eigenvalue weighted by Gasteiger charge is 2.37. The Bertz CT molecular complexity index is 1070. The van der Waals surface area contributed by atoms with E-state index < -0.39 is 18.0 Å². The van der Waals surface area contributed by atoms with E-state index in [1.54, 1.807) is 17.8 Å². The lowest BCUT2D eigenvalue weighted by Gasteiger charge is -2.29. The van der Waals surface area contributed by atoms with E-state index in [1.165, 1.54) is 23.1 Å². The molecule has 0 saturated carbocycles. The number of hydrogen-bond acceptors (Lipinski definition) is 3. The topological polar surface area (TPSA) is 104 Å². The van der Waals surface area contributed by atoms with Gasteiger partial charge in [-0.2, -0.15) is 0 Å². The van der Waals surface area contributed by atoms with Gasteiger partial charge < -0.3 is 20.3 Å². The fraction of sp³-hybridized carbons (Fsp3) is 0.381. The summed E-state index contributed by atoms with van der Waals surface area (Å²) in [5, 5.41) is 15.2. The van der Waals surface area contributed by atoms with Crippen LogP contribution in [-0.2, 0) is 18.3 Å². The van der Waals surface area contributed by atoms with Crippen molar-refractivity contribution in [2.45, 2.75) is 37.8 Å². The summed E-state index contributed by atoms with van der Waals surface area (Å²) in [7, 11) is 1.73. The molecule has 1 saturated heterocycles. The fourth-order valence-electron chi connectivity index (χ4n) is 4.46. The fourth-order valence-corrected chi connectivity index (χ4v) is 4.64. The standard InChI is InChI=1S/C21H22ClFN4O4/c1-26-10-14-13(19(26)20(29)25-11-2-5-16(23)15(22)8-11)4-6-17(14)27(21(30)31)9-12-3-7-18(28)24-12/h2,5,8,10,12,17H,3-4,6-7,9H2,1H3,(H,24,28)(H,25,29)(H,30,31)/t12-,17?/m1/s1. The number of rotatable bonds is 5. The number of anilines is 1. The molecule has 2 atom stereocenters. The van der Waals surface area contributed by atoms with Crippen LogP contribution in [0, 0.1) is 5.82 Å². The van der Waals surface area contributed by atoms with E-state index in [0.717, 1.165) is 11.1 Å². The molecule has 2 aromatic rings. The van der Waals surface area contributed by atoms with Gasteiger partial charge in [-0.3, -0.25) is 14.5 Å². The molecule has 1 aromatic heterocycles. The number of halogens is 2. The summed E-state index contributed by atoms with van der Waals surface area (Å²) in [6.07, 6.45) is 2.83. The molecule has 164 valence electrons. The molecule has 1 aromatic carbocycles. The lowest BCUT2D eigenvalue weighted by molar-refractivity contribution is -0.119. The van der Waals surface area contributed by atoms with Crippen molar-refractivity contribution in [3.8, 4) is 0 Å². The van der Waals surface area contributed by atoms with Crippen molar-refractivity contribution in [1.29, 1.82) is 0 Å². The Balaban J connectivity index is 1.56. The summed E-state index contributed by atoms with van der Waals surface area (Å²) in [6, 6.07) is 3.34. The molecule has 3 N–H and O–H groups in total. The average molecular weight is 449 g/mol. The van der Waals surface area contributed by atoms with Gasteiger partial charge in [0, 0.05) is 37.9 Å². The van der Waals surface area contributed by atoms with Crippen LogP contribution in [0.5, 0.6) is 0 Å². The second kappa shape index (κ2) is 8.22. The molecule has 1 aliphatic carbocycles. The molecule has 3 amide bonds. The number of aromatic nitrogens is 1. The van der Waals surface area contributed by atoms with E-state index in [2.05, 4.69) is 10.6 Å². The molecule has 0 radical (unpaired) electrons. The number of carbonyl (C=O) groups is 3. The smallest absolute Gasteiger partial charge is 0.407 e. The number of hydrogen-bond donors (Lipinski definition) is 3. The quantitative estimate of drug-likeness (QED) is 0.652. The molecule has 31 heavy (non-hydrogen) atoms. The van der Waals surface area contributed by atoms with Gasteiger partial charge in [-0.15, -0.1) is 0 Å². The Kier molecular flexibility index (Phi) is 5.62. The van der Waals surface area contributed by atoms with Gasteiger partial charge in [-0.25, -0.2) is 9.18 Å². The Morgan fingerprint density at radius 3 is 2.77 bits per heavy atom. The molecule has 2 aliphatic rings. The van der Waals surface area contributed by atoms with Gasteiger partial charge in [-0.05, 0) is 48.6 Å². The SMILES string of the molecule is Cn1cc2c(c1C(=O)Nc1ccc(F)c(Cl)c1)CCC2N(C[C@H]1CCC(=O)N1)C(=O)O. The lowest BCUT2D eigenvalue weighted by atomic mass is 10.1. The summed E-state index contributed by atoms with van der Waals surface area (Å²) in [6.45, 7) is 0.204. The summed E-state index contributed by atoms with van der Waals surface area (Å²) >= 11 is 5.79. The third-order valence-corrected chi connectivity index (χ3v) is 6.15. The largest absolute Gasteiger partial charge is 0.465 e. The summed E-state index contributed by atoms with van der Waals surface area (Å²) < 4.78 is 15.1. The van der Waals surface area contributed by atoms with Crippen molar-refractivity contribution >= 4 is 35.2 Å². The van der Waals surface area contributed by atoms with Gasteiger partial charge in [-0.1, -0.05) is 11.6 Å². The maximum Gasteiger partial charge on any atom is 0.407 e. The zero-order chi connectivity index (χ0) is 22.3. The van der Waals surface area contributed by atoms with Crippen LogP contribution in [0.3, 0.4) is 0 Å². The van der Waals surface area contributed by atoms with Crippen molar-refractivity contribution in [2.75, 3.05) is 11.9 Å². The zero-order valence-electron chi connectivity index (χ0n) is 16.8. The van der Waals surface area contributed by atoms with E-state index in [4.69, 9.17) is 11.6 Å². The van der Waals surface area contributed by atoms with E-state index in [9.17, 15) is 23.9 Å². The average Bonchev–Trinajstić information content (AvgIpc) is 3.37. The first-order chi connectivity index (χ1) is 14.7. The monoisotopic (exact) mass is 448 g/mol. The van der Waals surface area contributed by atoms with Crippen molar-refractivity contribution in [3.63, 3.8) is 0 Å². The normalized spacial score (nSPS) is 19.8. The minimum atomic E-state index is -1.06. The zero-order valence-corrected chi connectivity index (χ0v) is 17.6. The number of nitrogens with one attached hydrogen (secondary N) is 2. The Morgan fingerprint density at radius 2 is 2.13 bits per heavy atom. The second-order valence-electron chi connectivity index (χ2n) is 7.90. The number of fused-ring (bicyclic) bond motifs is 1. The predicted octanol–water partition coefficient (Wildman–Crippen LogP) is 3.32. The van der Waals surface area contributed by atoms with Gasteiger partial charge in [0.05, 0.1) is 11.1 Å². The molecule has 10 heteroatoms. The Morgan fingerprint density at radius 1 is 1.35 bits per heavy atom. The van der Waals surface area contributed by atoms with Crippen molar-refractivity contribution in [3.05, 3.63) is 52.1 Å². The minimum Gasteiger partial charge on any atom is -0.465 e. The van der Waals surface area contributed by atoms with Crippen molar-refractivity contribution in [1.82, 2.24) is 14.8 Å². The van der Waals surface area contributed by atoms with Gasteiger partial charge in [0.25, 0.3) is 5.91 Å². The number of carboxylic acid groups (broad SMARTS) is 1. The highest BCUT2D eigenvalue weighted by molar-refractivity contribution is 6.31. The molecular formula is C21H22ClFN4O4. The summed E-state index contributed by atoms with van der Waals surface area (Å²) in [5.74, 6) is -1.02. The maximum absolute atomic E-state index is 13.4. The van der Waals surface area contributed by atoms with Crippen LogP contribution in [0.2, 0.25) is 5.02 Å². The van der Waals surface area contributed by atoms with E-state index >= 15 is 0 Å². The van der Waals surface area contributed by atoms with Crippen LogP contribution in [0.25, 0.3) is 0 Å². The van der Waals surface area contributed by atoms with Crippen LogP contribution in [0.15, 0.2) is 24.4 Å². The van der Waals surface area contributed by atoms with Crippen LogP contribution < -0.4 is 10.6 Å². The van der Waals surface area contributed by atoms with Gasteiger partial charge in [0.1, 0.15) is 11.5 Å². The number of aryl methyl sites for hydroxylation is 1. The second-order valence-corrected chi connectivity index (χ2v) is 8.31. The Labute approximate surface area is 183 Å². The number of carbonyl (C=O) groups excluding carboxylic acids is 2. The number of benzene rings is 1. The van der Waals surface area contributed by atoms with Crippen molar-refractivity contribution < 1.29 is 23.9 Å². The molecule has 2 heterocycles.